The summed E-state index contributed by atoms with van der Waals surface area (Å²) in [5, 5.41) is 10.1. The van der Waals surface area contributed by atoms with Crippen LogP contribution in [0.1, 0.15) is 68.0 Å². The summed E-state index contributed by atoms with van der Waals surface area (Å²) in [6.07, 6.45) is 10.8. The van der Waals surface area contributed by atoms with E-state index in [4.69, 9.17) is 4.74 Å². The number of carbonyl (C=O) groups excluding carboxylic acids is 1. The second kappa shape index (κ2) is 12.4. The first kappa shape index (κ1) is 29.5. The molecule has 0 fully saturated rings. The van der Waals surface area contributed by atoms with Crippen molar-refractivity contribution in [1.29, 1.82) is 0 Å². The van der Waals surface area contributed by atoms with Crippen LogP contribution in [0.25, 0.3) is 6.08 Å². The number of likely N-dealkylation sites (N-methyl/N-ethyl adjacent to an activating group) is 1. The smallest absolute Gasteiger partial charge is 0.335 e. The summed E-state index contributed by atoms with van der Waals surface area (Å²) < 4.78 is 7.74. The highest BCUT2D eigenvalue weighted by Crippen LogP contribution is 2.39. The fourth-order valence-corrected chi connectivity index (χ4v) is 6.52. The molecule has 2 atom stereocenters. The summed E-state index contributed by atoms with van der Waals surface area (Å²) in [7, 11) is 1.84. The van der Waals surface area contributed by atoms with Crippen LogP contribution < -0.4 is 0 Å². The lowest BCUT2D eigenvalue weighted by atomic mass is 9.92. The molecule has 0 radical (unpaired) electrons. The highest BCUT2D eigenvalue weighted by Gasteiger charge is 2.31. The first-order valence-electron chi connectivity index (χ1n) is 13.7. The number of benzene rings is 1. The van der Waals surface area contributed by atoms with E-state index < -0.39 is 17.6 Å². The number of aliphatic carboxylic acids is 1. The minimum Gasteiger partial charge on any atom is -0.478 e. The maximum absolute atomic E-state index is 12.9. The van der Waals surface area contributed by atoms with Gasteiger partial charge >= 0.3 is 11.9 Å². The lowest BCUT2D eigenvalue weighted by Crippen LogP contribution is -2.45. The Hall–Kier alpha value is -3.49. The molecule has 1 aromatic carbocycles. The molecule has 2 aromatic heterocycles. The Morgan fingerprint density at radius 1 is 1.20 bits per heavy atom. The zero-order chi connectivity index (χ0) is 29.0. The number of carboxylic acids is 1. The molecule has 0 spiro atoms. The van der Waals surface area contributed by atoms with Gasteiger partial charge in [0, 0.05) is 28.7 Å². The number of imidazole rings is 1. The molecule has 0 bridgehead atoms. The van der Waals surface area contributed by atoms with E-state index in [1.165, 1.54) is 16.0 Å². The Bertz CT molecular complexity index is 1380. The molecule has 0 aliphatic heterocycles. The largest absolute Gasteiger partial charge is 0.478 e. The van der Waals surface area contributed by atoms with Gasteiger partial charge in [-0.15, -0.1) is 11.3 Å². The van der Waals surface area contributed by atoms with Crippen molar-refractivity contribution in [3.8, 4) is 0 Å². The van der Waals surface area contributed by atoms with E-state index in [2.05, 4.69) is 27.8 Å². The number of aryl methyl sites for hydroxylation is 1. The van der Waals surface area contributed by atoms with Crippen molar-refractivity contribution < 1.29 is 19.4 Å². The minimum atomic E-state index is -0.959. The van der Waals surface area contributed by atoms with Crippen molar-refractivity contribution in [2.75, 3.05) is 13.6 Å². The van der Waals surface area contributed by atoms with E-state index >= 15 is 0 Å². The number of hydrogen-bond donors (Lipinski definition) is 1. The number of carboxylic acid groups (broad SMARTS) is 1. The van der Waals surface area contributed by atoms with E-state index in [1.807, 2.05) is 83.4 Å². The second-order valence-electron chi connectivity index (χ2n) is 11.6. The molecule has 40 heavy (non-hydrogen) atoms. The fraction of sp³-hybridized carbons (Fsp3) is 0.406. The van der Waals surface area contributed by atoms with Gasteiger partial charge in [-0.05, 0) is 75.4 Å². The summed E-state index contributed by atoms with van der Waals surface area (Å²) in [6.45, 7) is 9.81. The maximum atomic E-state index is 12.9. The average Bonchev–Trinajstić information content (AvgIpc) is 3.53. The van der Waals surface area contributed by atoms with E-state index in [9.17, 15) is 14.7 Å². The van der Waals surface area contributed by atoms with Crippen molar-refractivity contribution in [3.63, 3.8) is 0 Å². The molecule has 2 heterocycles. The van der Waals surface area contributed by atoms with E-state index in [1.54, 1.807) is 23.6 Å². The van der Waals surface area contributed by atoms with Crippen LogP contribution in [0.5, 0.6) is 0 Å². The molecule has 1 unspecified atom stereocenters. The molecule has 0 saturated heterocycles. The van der Waals surface area contributed by atoms with Crippen LogP contribution in [0, 0.1) is 5.92 Å². The molecule has 8 heteroatoms. The Morgan fingerprint density at radius 2 is 1.93 bits per heavy atom. The van der Waals surface area contributed by atoms with Gasteiger partial charge < -0.3 is 14.4 Å². The third-order valence-corrected chi connectivity index (χ3v) is 8.13. The minimum absolute atomic E-state index is 0.0000990. The standard InChI is InChI=1S/C32H39N3O4S/c1-21(2)28(31(38)39-32(3,4)5)34(6)16-14-25(30(36)37)23-12-13-24-19-27(40-26(24)18-23)29(35-17-15-33-20-35)22-10-8-7-9-11-22/h7-11,14-15,17-21,28-29H,12-13,16H2,1-6H3,(H,36,37)/t28?,29-/m0/s1. The molecule has 1 N–H and O–H groups in total. The Kier molecular flexibility index (Phi) is 9.11. The molecular formula is C32H39N3O4S. The molecule has 4 rings (SSSR count). The summed E-state index contributed by atoms with van der Waals surface area (Å²) in [4.78, 5) is 33.7. The number of aromatic nitrogens is 2. The monoisotopic (exact) mass is 561 g/mol. The summed E-state index contributed by atoms with van der Waals surface area (Å²) in [5.41, 5.74) is 2.90. The van der Waals surface area contributed by atoms with E-state index in [0.717, 1.165) is 16.9 Å². The van der Waals surface area contributed by atoms with E-state index in [-0.39, 0.29) is 23.5 Å². The molecule has 0 amide bonds. The third-order valence-electron chi connectivity index (χ3n) is 6.95. The Labute approximate surface area is 240 Å². The SMILES string of the molecule is CC(C)C(C(=O)OC(C)(C)C)N(C)CC=C(C(=O)O)C1=Cc2sc([C@H](c3ccccc3)n3ccnc3)cc2CC1. The molecule has 3 aromatic rings. The van der Waals surface area contributed by atoms with Crippen molar-refractivity contribution in [3.05, 3.63) is 93.2 Å². The van der Waals surface area contributed by atoms with Crippen molar-refractivity contribution >= 4 is 29.4 Å². The van der Waals surface area contributed by atoms with Crippen LogP contribution in [-0.4, -0.2) is 56.7 Å². The number of rotatable bonds is 10. The van der Waals surface area contributed by atoms with Gasteiger partial charge in [0.15, 0.2) is 0 Å². The van der Waals surface area contributed by atoms with Gasteiger partial charge in [-0.1, -0.05) is 50.3 Å². The third kappa shape index (κ3) is 6.98. The molecular weight excluding hydrogens is 522 g/mol. The normalized spacial score (nSPS) is 15.5. The van der Waals surface area contributed by atoms with Crippen molar-refractivity contribution in [2.24, 2.45) is 5.92 Å². The first-order chi connectivity index (χ1) is 18.9. The summed E-state index contributed by atoms with van der Waals surface area (Å²) >= 11 is 1.69. The molecule has 7 nitrogen and oxygen atoms in total. The Morgan fingerprint density at radius 3 is 2.52 bits per heavy atom. The van der Waals surface area contributed by atoms with Gasteiger partial charge in [0.1, 0.15) is 11.6 Å². The number of fused-ring (bicyclic) bond motifs is 1. The van der Waals surface area contributed by atoms with Gasteiger partial charge in [0.25, 0.3) is 0 Å². The zero-order valence-corrected chi connectivity index (χ0v) is 24.9. The van der Waals surface area contributed by atoms with Crippen LogP contribution in [-0.2, 0) is 20.7 Å². The number of hydrogen-bond acceptors (Lipinski definition) is 6. The lowest BCUT2D eigenvalue weighted by Gasteiger charge is -2.31. The second-order valence-corrected chi connectivity index (χ2v) is 12.7. The van der Waals surface area contributed by atoms with Gasteiger partial charge in [-0.25, -0.2) is 9.78 Å². The molecule has 1 aliphatic rings. The van der Waals surface area contributed by atoms with Gasteiger partial charge in [0.05, 0.1) is 17.9 Å². The zero-order valence-electron chi connectivity index (χ0n) is 24.1. The Balaban J connectivity index is 1.60. The van der Waals surface area contributed by atoms with Crippen LogP contribution >= 0.6 is 11.3 Å². The maximum Gasteiger partial charge on any atom is 0.335 e. The number of nitrogens with zero attached hydrogens (tertiary/aromatic N) is 3. The topological polar surface area (TPSA) is 84.7 Å². The van der Waals surface area contributed by atoms with Gasteiger partial charge in [-0.2, -0.15) is 0 Å². The van der Waals surface area contributed by atoms with Crippen LogP contribution in [0.2, 0.25) is 0 Å². The number of ether oxygens (including phenoxy) is 1. The van der Waals surface area contributed by atoms with Gasteiger partial charge in [0.2, 0.25) is 0 Å². The molecule has 0 saturated carbocycles. The highest BCUT2D eigenvalue weighted by molar-refractivity contribution is 7.13. The fourth-order valence-electron chi connectivity index (χ4n) is 5.20. The summed E-state index contributed by atoms with van der Waals surface area (Å²) in [5.74, 6) is -1.25. The first-order valence-corrected chi connectivity index (χ1v) is 14.5. The lowest BCUT2D eigenvalue weighted by molar-refractivity contribution is -0.162. The van der Waals surface area contributed by atoms with Crippen LogP contribution in [0.4, 0.5) is 0 Å². The van der Waals surface area contributed by atoms with Crippen molar-refractivity contribution in [2.45, 2.75) is 65.1 Å². The highest BCUT2D eigenvalue weighted by atomic mass is 32.1. The number of carbonyl (C=O) groups is 2. The molecule has 212 valence electrons. The molecule has 1 aliphatic carbocycles. The predicted molar refractivity (Wildman–Crippen MR) is 159 cm³/mol. The summed E-state index contributed by atoms with van der Waals surface area (Å²) in [6, 6.07) is 12.1. The quantitative estimate of drug-likeness (QED) is 0.234. The predicted octanol–water partition coefficient (Wildman–Crippen LogP) is 6.22. The van der Waals surface area contributed by atoms with Crippen LogP contribution in [0.15, 0.2) is 72.3 Å². The number of esters is 1. The van der Waals surface area contributed by atoms with Crippen molar-refractivity contribution in [1.82, 2.24) is 14.5 Å². The van der Waals surface area contributed by atoms with Gasteiger partial charge in [-0.3, -0.25) is 9.69 Å². The van der Waals surface area contributed by atoms with E-state index in [0.29, 0.717) is 13.0 Å². The van der Waals surface area contributed by atoms with Crippen LogP contribution in [0.3, 0.4) is 0 Å². The number of thiophene rings is 1. The average molecular weight is 562 g/mol.